The van der Waals surface area contributed by atoms with E-state index < -0.39 is 0 Å². The number of rotatable bonds is 2. The Morgan fingerprint density at radius 2 is 1.88 bits per heavy atom. The van der Waals surface area contributed by atoms with Crippen LogP contribution in [0.5, 0.6) is 0 Å². The van der Waals surface area contributed by atoms with Crippen LogP contribution in [0.3, 0.4) is 0 Å². The molecular weight excluding hydrogens is 214 g/mol. The first-order valence-electron chi connectivity index (χ1n) is 7.17. The van der Waals surface area contributed by atoms with Crippen LogP contribution in [0.1, 0.15) is 38.5 Å². The van der Waals surface area contributed by atoms with Crippen molar-refractivity contribution in [3.05, 3.63) is 0 Å². The van der Waals surface area contributed by atoms with Crippen LogP contribution in [0.25, 0.3) is 0 Å². The summed E-state index contributed by atoms with van der Waals surface area (Å²) in [7, 11) is 0. The predicted molar refractivity (Wildman–Crippen MR) is 65.3 cm³/mol. The molecular formula is C14H23NO2. The molecule has 3 rings (SSSR count). The van der Waals surface area contributed by atoms with Gasteiger partial charge in [-0.25, -0.2) is 0 Å². The number of piperidine rings is 1. The number of hydrogen-bond acceptors (Lipinski definition) is 2. The number of aliphatic hydroxyl groups is 1. The quantitative estimate of drug-likeness (QED) is 0.793. The lowest BCUT2D eigenvalue weighted by molar-refractivity contribution is -0.138. The molecule has 3 heteroatoms. The molecule has 0 aromatic rings. The monoisotopic (exact) mass is 237 g/mol. The van der Waals surface area contributed by atoms with E-state index in [-0.39, 0.29) is 6.61 Å². The van der Waals surface area contributed by atoms with Gasteiger partial charge in [-0.1, -0.05) is 6.42 Å². The Kier molecular flexibility index (Phi) is 3.12. The number of aliphatic hydroxyl groups excluding tert-OH is 1. The van der Waals surface area contributed by atoms with Gasteiger partial charge in [0.25, 0.3) is 0 Å². The summed E-state index contributed by atoms with van der Waals surface area (Å²) in [5.74, 6) is 2.75. The second-order valence-corrected chi connectivity index (χ2v) is 6.23. The van der Waals surface area contributed by atoms with Gasteiger partial charge in [0.2, 0.25) is 5.91 Å². The lowest BCUT2D eigenvalue weighted by Gasteiger charge is -2.34. The van der Waals surface area contributed by atoms with Gasteiger partial charge in [0.1, 0.15) is 0 Å². The molecule has 3 nitrogen and oxygen atoms in total. The minimum absolute atomic E-state index is 0.288. The molecule has 1 N–H and O–H groups in total. The fourth-order valence-electron chi connectivity index (χ4n) is 4.12. The van der Waals surface area contributed by atoms with E-state index in [0.717, 1.165) is 38.3 Å². The highest BCUT2D eigenvalue weighted by atomic mass is 16.3. The summed E-state index contributed by atoms with van der Waals surface area (Å²) in [4.78, 5) is 14.5. The van der Waals surface area contributed by atoms with Crippen molar-refractivity contribution in [1.82, 2.24) is 4.90 Å². The van der Waals surface area contributed by atoms with E-state index in [1.54, 1.807) is 0 Å². The molecule has 1 aliphatic heterocycles. The second-order valence-electron chi connectivity index (χ2n) is 6.23. The molecule has 3 aliphatic rings. The smallest absolute Gasteiger partial charge is 0.225 e. The van der Waals surface area contributed by atoms with Crippen LogP contribution in [-0.4, -0.2) is 35.6 Å². The molecule has 96 valence electrons. The molecule has 3 fully saturated rings. The summed E-state index contributed by atoms with van der Waals surface area (Å²) in [5.41, 5.74) is 0. The summed E-state index contributed by atoms with van der Waals surface area (Å²) in [6, 6.07) is 0. The average Bonchev–Trinajstić information content (AvgIpc) is 3.00. The largest absolute Gasteiger partial charge is 0.396 e. The zero-order chi connectivity index (χ0) is 11.8. The lowest BCUT2D eigenvalue weighted by atomic mass is 9.87. The highest BCUT2D eigenvalue weighted by molar-refractivity contribution is 5.79. The number of likely N-dealkylation sites (tertiary alicyclic amines) is 1. The molecule has 3 atom stereocenters. The van der Waals surface area contributed by atoms with Crippen LogP contribution < -0.4 is 0 Å². The third-order valence-corrected chi connectivity index (χ3v) is 5.24. The molecule has 1 amide bonds. The molecule has 2 bridgehead atoms. The van der Waals surface area contributed by atoms with E-state index in [1.165, 1.54) is 19.3 Å². The summed E-state index contributed by atoms with van der Waals surface area (Å²) >= 11 is 0. The van der Waals surface area contributed by atoms with E-state index in [2.05, 4.69) is 4.90 Å². The first kappa shape index (κ1) is 11.5. The van der Waals surface area contributed by atoms with E-state index in [1.807, 2.05) is 0 Å². The van der Waals surface area contributed by atoms with Crippen LogP contribution in [-0.2, 0) is 4.79 Å². The third kappa shape index (κ3) is 2.10. The van der Waals surface area contributed by atoms with Gasteiger partial charge >= 0.3 is 0 Å². The number of amides is 1. The average molecular weight is 237 g/mol. The van der Waals surface area contributed by atoms with Crippen molar-refractivity contribution in [3.63, 3.8) is 0 Å². The number of carbonyl (C=O) groups excluding carboxylic acids is 1. The number of carbonyl (C=O) groups is 1. The minimum atomic E-state index is 0.288. The van der Waals surface area contributed by atoms with Crippen molar-refractivity contribution < 1.29 is 9.90 Å². The first-order chi connectivity index (χ1) is 8.28. The number of hydrogen-bond donors (Lipinski definition) is 1. The predicted octanol–water partition coefficient (Wildman–Crippen LogP) is 1.65. The number of nitrogens with zero attached hydrogens (tertiary/aromatic N) is 1. The standard InChI is InChI=1S/C14H23NO2/c16-9-10-3-5-15(6-4-10)14(17)13-8-11-1-2-12(13)7-11/h10-13,16H,1-9H2. The van der Waals surface area contributed by atoms with Gasteiger partial charge in [-0.05, 0) is 49.9 Å². The molecule has 0 aromatic carbocycles. The maximum absolute atomic E-state index is 12.4. The summed E-state index contributed by atoms with van der Waals surface area (Å²) in [6.07, 6.45) is 7.09. The van der Waals surface area contributed by atoms with Crippen LogP contribution in [0, 0.1) is 23.7 Å². The van der Waals surface area contributed by atoms with Crippen LogP contribution in [0.4, 0.5) is 0 Å². The highest BCUT2D eigenvalue weighted by Gasteiger charge is 2.44. The van der Waals surface area contributed by atoms with Crippen molar-refractivity contribution in [2.45, 2.75) is 38.5 Å². The Morgan fingerprint density at radius 3 is 2.41 bits per heavy atom. The fraction of sp³-hybridized carbons (Fsp3) is 0.929. The minimum Gasteiger partial charge on any atom is -0.396 e. The molecule has 2 aliphatic carbocycles. The molecule has 1 heterocycles. The summed E-state index contributed by atoms with van der Waals surface area (Å²) in [6.45, 7) is 2.03. The van der Waals surface area contributed by atoms with Crippen molar-refractivity contribution in [2.24, 2.45) is 23.7 Å². The van der Waals surface area contributed by atoms with Crippen molar-refractivity contribution in [1.29, 1.82) is 0 Å². The molecule has 17 heavy (non-hydrogen) atoms. The molecule has 0 spiro atoms. The van der Waals surface area contributed by atoms with Gasteiger partial charge in [-0.3, -0.25) is 4.79 Å². The van der Waals surface area contributed by atoms with Gasteiger partial charge in [-0.15, -0.1) is 0 Å². The summed E-state index contributed by atoms with van der Waals surface area (Å²) in [5, 5.41) is 9.11. The Bertz CT molecular complexity index is 297. The van der Waals surface area contributed by atoms with Crippen molar-refractivity contribution in [3.8, 4) is 0 Å². The second kappa shape index (κ2) is 4.60. The maximum atomic E-state index is 12.4. The van der Waals surface area contributed by atoms with Crippen molar-refractivity contribution >= 4 is 5.91 Å². The van der Waals surface area contributed by atoms with Crippen LogP contribution >= 0.6 is 0 Å². The van der Waals surface area contributed by atoms with Gasteiger partial charge in [0.15, 0.2) is 0 Å². The Hall–Kier alpha value is -0.570. The molecule has 0 aromatic heterocycles. The van der Waals surface area contributed by atoms with E-state index >= 15 is 0 Å². The Balaban J connectivity index is 1.56. The molecule has 3 unspecified atom stereocenters. The van der Waals surface area contributed by atoms with Gasteiger partial charge in [0.05, 0.1) is 0 Å². The zero-order valence-electron chi connectivity index (χ0n) is 10.5. The Morgan fingerprint density at radius 1 is 1.12 bits per heavy atom. The van der Waals surface area contributed by atoms with Gasteiger partial charge < -0.3 is 10.0 Å². The molecule has 1 saturated heterocycles. The topological polar surface area (TPSA) is 40.5 Å². The molecule has 0 radical (unpaired) electrons. The highest BCUT2D eigenvalue weighted by Crippen LogP contribution is 2.49. The van der Waals surface area contributed by atoms with E-state index in [9.17, 15) is 4.79 Å². The maximum Gasteiger partial charge on any atom is 0.225 e. The fourth-order valence-corrected chi connectivity index (χ4v) is 4.12. The SMILES string of the molecule is O=C(C1CC2CCC1C2)N1CCC(CO)CC1. The van der Waals surface area contributed by atoms with Gasteiger partial charge in [0, 0.05) is 25.6 Å². The van der Waals surface area contributed by atoms with Crippen LogP contribution in [0.2, 0.25) is 0 Å². The summed E-state index contributed by atoms with van der Waals surface area (Å²) < 4.78 is 0. The zero-order valence-corrected chi connectivity index (χ0v) is 10.5. The van der Waals surface area contributed by atoms with Crippen LogP contribution in [0.15, 0.2) is 0 Å². The lowest BCUT2D eigenvalue weighted by Crippen LogP contribution is -2.43. The number of fused-ring (bicyclic) bond motifs is 2. The first-order valence-corrected chi connectivity index (χ1v) is 7.17. The third-order valence-electron chi connectivity index (χ3n) is 5.24. The van der Waals surface area contributed by atoms with Crippen molar-refractivity contribution in [2.75, 3.05) is 19.7 Å². The van der Waals surface area contributed by atoms with E-state index in [4.69, 9.17) is 5.11 Å². The van der Waals surface area contributed by atoms with E-state index in [0.29, 0.717) is 23.7 Å². The van der Waals surface area contributed by atoms with Gasteiger partial charge in [-0.2, -0.15) is 0 Å². The molecule has 2 saturated carbocycles. The Labute approximate surface area is 103 Å². The normalized spacial score (nSPS) is 37.7.